The molecule has 4 N–H and O–H groups in total. The third-order valence-electron chi connectivity index (χ3n) is 5.17. The Labute approximate surface area is 169 Å². The van der Waals surface area contributed by atoms with Crippen LogP contribution >= 0.6 is 0 Å². The smallest absolute Gasteiger partial charge is 0.411 e. The molecule has 0 saturated carbocycles. The van der Waals surface area contributed by atoms with Gasteiger partial charge in [-0.2, -0.15) is 0 Å². The van der Waals surface area contributed by atoms with Gasteiger partial charge in [-0.15, -0.1) is 0 Å². The summed E-state index contributed by atoms with van der Waals surface area (Å²) in [6.07, 6.45) is 0.266. The number of carbonyl (C=O) groups excluding carboxylic acids is 1. The lowest BCUT2D eigenvalue weighted by molar-refractivity contribution is -0.0565. The highest BCUT2D eigenvalue weighted by Crippen LogP contribution is 2.43. The largest absolute Gasteiger partial charge is 0.467 e. The summed E-state index contributed by atoms with van der Waals surface area (Å²) in [6.45, 7) is 0.0709. The minimum atomic E-state index is -1.74. The number of nitrogens with one attached hydrogen (secondary N) is 2. The van der Waals surface area contributed by atoms with Gasteiger partial charge in [0.1, 0.15) is 5.76 Å². The lowest BCUT2D eigenvalue weighted by Crippen LogP contribution is -2.44. The van der Waals surface area contributed by atoms with Gasteiger partial charge < -0.3 is 19.6 Å². The Balaban J connectivity index is 1.65. The van der Waals surface area contributed by atoms with Gasteiger partial charge in [0.05, 0.1) is 23.8 Å². The van der Waals surface area contributed by atoms with Crippen molar-refractivity contribution in [2.75, 3.05) is 5.32 Å². The molecule has 4 aromatic rings. The number of hydrogen-bond acceptors (Lipinski definition) is 5. The number of fused-ring (bicyclic) bond motifs is 2. The normalized spacial score (nSPS) is 18.0. The molecule has 0 aliphatic carbocycles. The standard InChI is InChI=1S/C21H16N4O5/c26-18-14-5-1-2-6-15(14)21(29,25(18)11-13-4-3-9-30-13)12-7-8-16-17(10-12)23-19(22-16)24-20(27)28/h1-10,29H,11H2,(H,27,28)(H2,22,23,24). The van der Waals surface area contributed by atoms with Crippen LogP contribution in [0.15, 0.2) is 65.3 Å². The van der Waals surface area contributed by atoms with Crippen molar-refractivity contribution in [1.29, 1.82) is 0 Å². The van der Waals surface area contributed by atoms with Crippen LogP contribution in [0.2, 0.25) is 0 Å². The number of imidazole rings is 1. The van der Waals surface area contributed by atoms with Gasteiger partial charge in [-0.05, 0) is 30.3 Å². The second-order valence-corrected chi connectivity index (χ2v) is 6.94. The molecule has 3 heterocycles. The van der Waals surface area contributed by atoms with Gasteiger partial charge in [0.15, 0.2) is 5.72 Å². The summed E-state index contributed by atoms with van der Waals surface area (Å²) < 4.78 is 5.40. The van der Waals surface area contributed by atoms with Crippen LogP contribution in [0.25, 0.3) is 11.0 Å². The molecule has 0 saturated heterocycles. The molecule has 1 aliphatic rings. The molecule has 0 radical (unpaired) electrons. The predicted octanol–water partition coefficient (Wildman–Crippen LogP) is 3.10. The van der Waals surface area contributed by atoms with E-state index in [9.17, 15) is 14.7 Å². The van der Waals surface area contributed by atoms with E-state index in [0.29, 0.717) is 33.5 Å². The van der Waals surface area contributed by atoms with Gasteiger partial charge >= 0.3 is 6.09 Å². The molecule has 0 bridgehead atoms. The van der Waals surface area contributed by atoms with Crippen LogP contribution in [0.5, 0.6) is 0 Å². The van der Waals surface area contributed by atoms with Gasteiger partial charge in [0.2, 0.25) is 5.95 Å². The molecule has 9 heteroatoms. The maximum Gasteiger partial charge on any atom is 0.411 e. The van der Waals surface area contributed by atoms with Crippen LogP contribution < -0.4 is 5.32 Å². The van der Waals surface area contributed by atoms with E-state index in [1.807, 2.05) is 0 Å². The fourth-order valence-corrected chi connectivity index (χ4v) is 3.85. The van der Waals surface area contributed by atoms with Gasteiger partial charge in [-0.1, -0.05) is 24.3 Å². The summed E-state index contributed by atoms with van der Waals surface area (Å²) in [5, 5.41) is 22.9. The SMILES string of the molecule is O=C(O)Nc1nc2cc(C3(O)c4ccccc4C(=O)N3Cc3ccco3)ccc2[nH]1. The van der Waals surface area contributed by atoms with Crippen molar-refractivity contribution >= 4 is 29.0 Å². The number of aromatic nitrogens is 2. The third-order valence-corrected chi connectivity index (χ3v) is 5.17. The maximum absolute atomic E-state index is 13.1. The number of rotatable bonds is 4. The number of anilines is 1. The molecule has 30 heavy (non-hydrogen) atoms. The van der Waals surface area contributed by atoms with Crippen LogP contribution in [0.1, 0.15) is 27.2 Å². The van der Waals surface area contributed by atoms with E-state index >= 15 is 0 Å². The minimum absolute atomic E-state index is 0.0666. The van der Waals surface area contributed by atoms with Crippen LogP contribution in [0, 0.1) is 0 Å². The third kappa shape index (κ3) is 2.64. The molecular weight excluding hydrogens is 388 g/mol. The van der Waals surface area contributed by atoms with Gasteiger partial charge in [0.25, 0.3) is 5.91 Å². The van der Waals surface area contributed by atoms with Crippen molar-refractivity contribution in [2.24, 2.45) is 0 Å². The zero-order valence-electron chi connectivity index (χ0n) is 15.5. The Hall–Kier alpha value is -4.11. The highest BCUT2D eigenvalue weighted by Gasteiger charge is 2.50. The van der Waals surface area contributed by atoms with Crippen molar-refractivity contribution in [1.82, 2.24) is 14.9 Å². The second kappa shape index (κ2) is 6.46. The van der Waals surface area contributed by atoms with Crippen LogP contribution in [-0.4, -0.2) is 37.1 Å². The van der Waals surface area contributed by atoms with E-state index in [-0.39, 0.29) is 18.4 Å². The van der Waals surface area contributed by atoms with Crippen molar-refractivity contribution < 1.29 is 24.2 Å². The van der Waals surface area contributed by atoms with E-state index in [2.05, 4.69) is 15.3 Å². The first kappa shape index (κ1) is 18.0. The Bertz CT molecular complexity index is 1280. The molecule has 5 rings (SSSR count). The first-order valence-electron chi connectivity index (χ1n) is 9.13. The number of amides is 2. The molecule has 0 fully saturated rings. The highest BCUT2D eigenvalue weighted by atomic mass is 16.4. The fourth-order valence-electron chi connectivity index (χ4n) is 3.85. The average Bonchev–Trinajstić information content (AvgIpc) is 3.42. The van der Waals surface area contributed by atoms with E-state index in [0.717, 1.165) is 0 Å². The van der Waals surface area contributed by atoms with E-state index in [1.54, 1.807) is 54.6 Å². The zero-order chi connectivity index (χ0) is 20.9. The van der Waals surface area contributed by atoms with Gasteiger partial charge in [-0.25, -0.2) is 9.78 Å². The second-order valence-electron chi connectivity index (χ2n) is 6.94. The first-order valence-corrected chi connectivity index (χ1v) is 9.13. The fraction of sp³-hybridized carbons (Fsp3) is 0.0952. The van der Waals surface area contributed by atoms with E-state index in [4.69, 9.17) is 9.52 Å². The van der Waals surface area contributed by atoms with Gasteiger partial charge in [-0.3, -0.25) is 15.0 Å². The lowest BCUT2D eigenvalue weighted by atomic mass is 9.93. The Morgan fingerprint density at radius 1 is 1.20 bits per heavy atom. The van der Waals surface area contributed by atoms with Crippen molar-refractivity contribution in [3.05, 3.63) is 83.3 Å². The number of hydrogen-bond donors (Lipinski definition) is 4. The number of carbonyl (C=O) groups is 2. The average molecular weight is 404 g/mol. The molecule has 1 unspecified atom stereocenters. The van der Waals surface area contributed by atoms with E-state index < -0.39 is 11.8 Å². The monoisotopic (exact) mass is 404 g/mol. The Morgan fingerprint density at radius 3 is 2.80 bits per heavy atom. The number of H-pyrrole nitrogens is 1. The topological polar surface area (TPSA) is 132 Å². The van der Waals surface area contributed by atoms with Crippen LogP contribution in [0.3, 0.4) is 0 Å². The number of carboxylic acid groups (broad SMARTS) is 1. The summed E-state index contributed by atoms with van der Waals surface area (Å²) in [5.41, 5.74) is 0.574. The molecule has 0 spiro atoms. The van der Waals surface area contributed by atoms with E-state index in [1.165, 1.54) is 11.2 Å². The van der Waals surface area contributed by atoms with Crippen molar-refractivity contribution in [3.8, 4) is 0 Å². The lowest BCUT2D eigenvalue weighted by Gasteiger charge is -2.34. The molecule has 1 aliphatic heterocycles. The molecular formula is C21H16N4O5. The molecule has 2 aromatic heterocycles. The number of aromatic amines is 1. The first-order chi connectivity index (χ1) is 14.5. The number of furan rings is 1. The zero-order valence-corrected chi connectivity index (χ0v) is 15.5. The van der Waals surface area contributed by atoms with Gasteiger partial charge in [0, 0.05) is 16.7 Å². The molecule has 9 nitrogen and oxygen atoms in total. The minimum Gasteiger partial charge on any atom is -0.467 e. The molecule has 2 aromatic carbocycles. The highest BCUT2D eigenvalue weighted by molar-refractivity contribution is 6.00. The number of aliphatic hydroxyl groups is 1. The summed E-state index contributed by atoms with van der Waals surface area (Å²) >= 11 is 0. The number of benzene rings is 2. The predicted molar refractivity (Wildman–Crippen MR) is 106 cm³/mol. The van der Waals surface area contributed by atoms with Crippen LogP contribution in [-0.2, 0) is 12.3 Å². The Morgan fingerprint density at radius 2 is 2.03 bits per heavy atom. The van der Waals surface area contributed by atoms with Crippen molar-refractivity contribution in [3.63, 3.8) is 0 Å². The Kier molecular flexibility index (Phi) is 3.87. The quantitative estimate of drug-likeness (QED) is 0.413. The molecule has 2 amide bonds. The van der Waals surface area contributed by atoms with Crippen LogP contribution in [0.4, 0.5) is 10.7 Å². The molecule has 150 valence electrons. The maximum atomic E-state index is 13.1. The molecule has 1 atom stereocenters. The summed E-state index contributed by atoms with van der Waals surface area (Å²) in [7, 11) is 0. The van der Waals surface area contributed by atoms with Crippen molar-refractivity contribution in [2.45, 2.75) is 12.3 Å². The summed E-state index contributed by atoms with van der Waals surface area (Å²) in [6, 6.07) is 15.3. The number of nitrogens with zero attached hydrogens (tertiary/aromatic N) is 2. The summed E-state index contributed by atoms with van der Waals surface area (Å²) in [4.78, 5) is 32.4. The summed E-state index contributed by atoms with van der Waals surface area (Å²) in [5.74, 6) is 0.278.